The number of nitrogens with zero attached hydrogens (tertiary/aromatic N) is 4. The lowest BCUT2D eigenvalue weighted by Gasteiger charge is -2.32. The van der Waals surface area contributed by atoms with E-state index in [-0.39, 0.29) is 0 Å². The van der Waals surface area contributed by atoms with Crippen LogP contribution in [0.4, 0.5) is 5.82 Å². The molecule has 0 saturated carbocycles. The van der Waals surface area contributed by atoms with Gasteiger partial charge in [0.25, 0.3) is 0 Å². The lowest BCUT2D eigenvalue weighted by atomic mass is 9.94. The van der Waals surface area contributed by atoms with Crippen LogP contribution < -0.4 is 5.32 Å². The Bertz CT molecular complexity index is 618. The van der Waals surface area contributed by atoms with Crippen LogP contribution >= 0.6 is 0 Å². The van der Waals surface area contributed by atoms with Crippen molar-refractivity contribution in [3.05, 3.63) is 12.0 Å². The first-order valence-electron chi connectivity index (χ1n) is 6.78. The molecule has 0 unspecified atom stereocenters. The van der Waals surface area contributed by atoms with Gasteiger partial charge in [0.2, 0.25) is 0 Å². The van der Waals surface area contributed by atoms with E-state index in [1.54, 1.807) is 10.9 Å². The van der Waals surface area contributed by atoms with Crippen LogP contribution in [-0.2, 0) is 11.8 Å². The van der Waals surface area contributed by atoms with Gasteiger partial charge in [0.15, 0.2) is 5.65 Å². The lowest BCUT2D eigenvalue weighted by molar-refractivity contribution is -0.0543. The van der Waals surface area contributed by atoms with Crippen LogP contribution in [0.2, 0.25) is 0 Å². The Hall–Kier alpha value is -1.73. The van der Waals surface area contributed by atoms with Gasteiger partial charge in [0.1, 0.15) is 11.6 Å². The van der Waals surface area contributed by atoms with Crippen molar-refractivity contribution in [2.24, 2.45) is 7.05 Å². The number of anilines is 1. The van der Waals surface area contributed by atoms with Crippen molar-refractivity contribution in [2.45, 2.75) is 25.4 Å². The molecule has 2 aromatic rings. The summed E-state index contributed by atoms with van der Waals surface area (Å²) in [5.41, 5.74) is 0.0602. The van der Waals surface area contributed by atoms with Crippen molar-refractivity contribution in [3.8, 4) is 0 Å². The number of rotatable bonds is 3. The monoisotopic (exact) mass is 277 g/mol. The Morgan fingerprint density at radius 3 is 2.90 bits per heavy atom. The summed E-state index contributed by atoms with van der Waals surface area (Å²) in [6, 6.07) is 0. The van der Waals surface area contributed by atoms with E-state index in [2.05, 4.69) is 20.4 Å². The van der Waals surface area contributed by atoms with Crippen LogP contribution in [-0.4, -0.2) is 50.2 Å². The van der Waals surface area contributed by atoms with Gasteiger partial charge >= 0.3 is 0 Å². The number of aromatic nitrogens is 4. The summed E-state index contributed by atoms with van der Waals surface area (Å²) in [7, 11) is 1.85. The fraction of sp³-hybridized carbons (Fsp3) is 0.615. The van der Waals surface area contributed by atoms with Gasteiger partial charge in [-0.2, -0.15) is 5.10 Å². The molecular formula is C13H19N5O2. The predicted octanol–water partition coefficient (Wildman–Crippen LogP) is 0.625. The summed E-state index contributed by atoms with van der Waals surface area (Å²) in [6.07, 6.45) is 3.02. The molecule has 0 atom stereocenters. The zero-order chi connectivity index (χ0) is 14.2. The van der Waals surface area contributed by atoms with Gasteiger partial charge in [-0.1, -0.05) is 0 Å². The fourth-order valence-electron chi connectivity index (χ4n) is 2.44. The van der Waals surface area contributed by atoms with Gasteiger partial charge in [0, 0.05) is 39.6 Å². The van der Waals surface area contributed by atoms with Crippen molar-refractivity contribution < 1.29 is 9.84 Å². The topological polar surface area (TPSA) is 85.1 Å². The molecule has 2 aromatic heterocycles. The molecule has 0 radical (unpaired) electrons. The highest BCUT2D eigenvalue weighted by molar-refractivity contribution is 5.86. The van der Waals surface area contributed by atoms with E-state index in [4.69, 9.17) is 4.74 Å². The minimum atomic E-state index is -0.731. The molecule has 3 heterocycles. The zero-order valence-electron chi connectivity index (χ0n) is 11.8. The third-order valence-electron chi connectivity index (χ3n) is 3.71. The number of ether oxygens (including phenoxy) is 1. The van der Waals surface area contributed by atoms with Gasteiger partial charge in [-0.05, 0) is 6.92 Å². The van der Waals surface area contributed by atoms with Gasteiger partial charge in [-0.15, -0.1) is 0 Å². The number of nitrogens with one attached hydrogen (secondary N) is 1. The second kappa shape index (κ2) is 4.99. The normalized spacial score (nSPS) is 18.4. The van der Waals surface area contributed by atoms with Crippen LogP contribution in [0.15, 0.2) is 6.20 Å². The highest BCUT2D eigenvalue weighted by atomic mass is 16.5. The van der Waals surface area contributed by atoms with E-state index in [9.17, 15) is 5.11 Å². The summed E-state index contributed by atoms with van der Waals surface area (Å²) in [5.74, 6) is 1.41. The van der Waals surface area contributed by atoms with E-state index < -0.39 is 5.60 Å². The molecule has 7 nitrogen and oxygen atoms in total. The van der Waals surface area contributed by atoms with Crippen LogP contribution in [0.25, 0.3) is 11.0 Å². The zero-order valence-corrected chi connectivity index (χ0v) is 11.8. The standard InChI is InChI=1S/C13H19N5O2/c1-9-16-11(10-7-15-18(2)12(10)17-9)14-8-13(19)3-5-20-6-4-13/h7,19H,3-6,8H2,1-2H3,(H,14,16,17). The number of aliphatic hydroxyl groups is 1. The molecule has 2 N–H and O–H groups in total. The summed E-state index contributed by atoms with van der Waals surface area (Å²) in [4.78, 5) is 8.79. The van der Waals surface area contributed by atoms with E-state index >= 15 is 0 Å². The molecule has 0 bridgehead atoms. The molecule has 0 amide bonds. The average Bonchev–Trinajstić information content (AvgIpc) is 2.79. The molecule has 108 valence electrons. The Balaban J connectivity index is 1.83. The highest BCUT2D eigenvalue weighted by Crippen LogP contribution is 2.23. The molecule has 7 heteroatoms. The molecule has 0 aliphatic carbocycles. The SMILES string of the molecule is Cc1nc(NCC2(O)CCOCC2)c2cnn(C)c2n1. The first kappa shape index (κ1) is 13.3. The molecule has 1 aliphatic rings. The first-order chi connectivity index (χ1) is 9.57. The van der Waals surface area contributed by atoms with Gasteiger partial charge < -0.3 is 15.2 Å². The van der Waals surface area contributed by atoms with Crippen LogP contribution in [0.5, 0.6) is 0 Å². The Morgan fingerprint density at radius 2 is 2.15 bits per heavy atom. The van der Waals surface area contributed by atoms with Crippen molar-refractivity contribution in [1.29, 1.82) is 0 Å². The molecule has 3 rings (SSSR count). The first-order valence-corrected chi connectivity index (χ1v) is 6.78. The lowest BCUT2D eigenvalue weighted by Crippen LogP contribution is -2.42. The number of hydrogen-bond donors (Lipinski definition) is 2. The molecule has 20 heavy (non-hydrogen) atoms. The summed E-state index contributed by atoms with van der Waals surface area (Å²) < 4.78 is 7.00. The minimum absolute atomic E-state index is 0.455. The smallest absolute Gasteiger partial charge is 0.163 e. The van der Waals surface area contributed by atoms with E-state index in [0.29, 0.717) is 38.4 Å². The predicted molar refractivity (Wildman–Crippen MR) is 74.5 cm³/mol. The molecule has 0 spiro atoms. The van der Waals surface area contributed by atoms with Crippen LogP contribution in [0, 0.1) is 6.92 Å². The van der Waals surface area contributed by atoms with Gasteiger partial charge in [-0.25, -0.2) is 9.97 Å². The van der Waals surface area contributed by atoms with Crippen molar-refractivity contribution in [3.63, 3.8) is 0 Å². The highest BCUT2D eigenvalue weighted by Gasteiger charge is 2.29. The van der Waals surface area contributed by atoms with Gasteiger partial charge in [0.05, 0.1) is 17.2 Å². The number of aryl methyl sites for hydroxylation is 2. The quantitative estimate of drug-likeness (QED) is 0.855. The van der Waals surface area contributed by atoms with Gasteiger partial charge in [-0.3, -0.25) is 4.68 Å². The van der Waals surface area contributed by atoms with E-state index in [0.717, 1.165) is 16.9 Å². The second-order valence-electron chi connectivity index (χ2n) is 5.32. The maximum absolute atomic E-state index is 10.5. The maximum atomic E-state index is 10.5. The molecular weight excluding hydrogens is 258 g/mol. The Kier molecular flexibility index (Phi) is 3.31. The maximum Gasteiger partial charge on any atom is 0.163 e. The third kappa shape index (κ3) is 2.46. The fourth-order valence-corrected chi connectivity index (χ4v) is 2.44. The third-order valence-corrected chi connectivity index (χ3v) is 3.71. The van der Waals surface area contributed by atoms with Crippen molar-refractivity contribution >= 4 is 16.9 Å². The van der Waals surface area contributed by atoms with E-state index in [1.807, 2.05) is 14.0 Å². The summed E-state index contributed by atoms with van der Waals surface area (Å²) in [5, 5.41) is 18.8. The molecule has 1 saturated heterocycles. The molecule has 0 aromatic carbocycles. The van der Waals surface area contributed by atoms with Crippen molar-refractivity contribution in [2.75, 3.05) is 25.1 Å². The minimum Gasteiger partial charge on any atom is -0.388 e. The van der Waals surface area contributed by atoms with Crippen LogP contribution in [0.3, 0.4) is 0 Å². The van der Waals surface area contributed by atoms with E-state index in [1.165, 1.54) is 0 Å². The Morgan fingerprint density at radius 1 is 1.40 bits per heavy atom. The summed E-state index contributed by atoms with van der Waals surface area (Å²) >= 11 is 0. The molecule has 1 aliphatic heterocycles. The number of fused-ring (bicyclic) bond motifs is 1. The largest absolute Gasteiger partial charge is 0.388 e. The average molecular weight is 277 g/mol. The van der Waals surface area contributed by atoms with Crippen molar-refractivity contribution in [1.82, 2.24) is 19.7 Å². The summed E-state index contributed by atoms with van der Waals surface area (Å²) in [6.45, 7) is 3.50. The second-order valence-corrected chi connectivity index (χ2v) is 5.32. The Labute approximate surface area is 117 Å². The number of hydrogen-bond acceptors (Lipinski definition) is 6. The van der Waals surface area contributed by atoms with Crippen LogP contribution in [0.1, 0.15) is 18.7 Å². The molecule has 1 fully saturated rings.